The lowest BCUT2D eigenvalue weighted by Crippen LogP contribution is -2.48. The van der Waals surface area contributed by atoms with Crippen LogP contribution >= 0.6 is 0 Å². The molecule has 5 heteroatoms. The summed E-state index contributed by atoms with van der Waals surface area (Å²) >= 11 is 0. The fraction of sp³-hybridized carbons (Fsp3) is 0.867. The topological polar surface area (TPSA) is 66.8 Å². The Kier molecular flexibility index (Phi) is 5.84. The van der Waals surface area contributed by atoms with E-state index in [4.69, 9.17) is 9.84 Å². The van der Waals surface area contributed by atoms with Crippen LogP contribution in [0.1, 0.15) is 59.8 Å². The summed E-state index contributed by atoms with van der Waals surface area (Å²) < 4.78 is 5.44. The van der Waals surface area contributed by atoms with Crippen molar-refractivity contribution in [2.75, 3.05) is 6.54 Å². The number of likely N-dealkylation sites (tertiary alicyclic amines) is 1. The van der Waals surface area contributed by atoms with Gasteiger partial charge in [-0.05, 0) is 46.0 Å². The molecule has 0 aromatic heterocycles. The third-order valence-electron chi connectivity index (χ3n) is 3.54. The third kappa shape index (κ3) is 5.39. The molecule has 116 valence electrons. The second-order valence-corrected chi connectivity index (χ2v) is 6.60. The summed E-state index contributed by atoms with van der Waals surface area (Å²) in [4.78, 5) is 24.8. The summed E-state index contributed by atoms with van der Waals surface area (Å²) in [5, 5.41) is 8.90. The van der Waals surface area contributed by atoms with Crippen molar-refractivity contribution in [3.63, 3.8) is 0 Å². The molecular formula is C15H27NO4. The highest BCUT2D eigenvalue weighted by molar-refractivity contribution is 5.69. The van der Waals surface area contributed by atoms with Gasteiger partial charge in [0.25, 0.3) is 0 Å². The number of nitrogens with zero attached hydrogens (tertiary/aromatic N) is 1. The zero-order chi connectivity index (χ0) is 15.3. The van der Waals surface area contributed by atoms with Gasteiger partial charge in [0.2, 0.25) is 0 Å². The van der Waals surface area contributed by atoms with E-state index >= 15 is 0 Å². The van der Waals surface area contributed by atoms with Crippen LogP contribution in [0.2, 0.25) is 0 Å². The Labute approximate surface area is 121 Å². The van der Waals surface area contributed by atoms with Crippen LogP contribution < -0.4 is 0 Å². The monoisotopic (exact) mass is 285 g/mol. The quantitative estimate of drug-likeness (QED) is 0.860. The zero-order valence-electron chi connectivity index (χ0n) is 13.0. The number of piperidine rings is 1. The molecule has 1 fully saturated rings. The second kappa shape index (κ2) is 6.95. The summed E-state index contributed by atoms with van der Waals surface area (Å²) in [6, 6.07) is 0.105. The summed E-state index contributed by atoms with van der Waals surface area (Å²) in [6.07, 6.45) is 3.30. The first kappa shape index (κ1) is 16.8. The number of carboxylic acids is 1. The van der Waals surface area contributed by atoms with Crippen LogP contribution in [-0.2, 0) is 9.53 Å². The number of aliphatic carboxylic acids is 1. The summed E-state index contributed by atoms with van der Waals surface area (Å²) in [7, 11) is 0. The number of hydrogen-bond acceptors (Lipinski definition) is 3. The number of amides is 1. The Morgan fingerprint density at radius 2 is 2.00 bits per heavy atom. The van der Waals surface area contributed by atoms with Gasteiger partial charge in [-0.25, -0.2) is 4.79 Å². The van der Waals surface area contributed by atoms with E-state index in [0.29, 0.717) is 6.54 Å². The summed E-state index contributed by atoms with van der Waals surface area (Å²) in [5.41, 5.74) is -0.494. The normalized spacial score (nSPS) is 23.5. The molecule has 0 radical (unpaired) electrons. The maximum absolute atomic E-state index is 12.2. The SMILES string of the molecule is CCCC1CC(CC(=O)O)CCN1C(=O)OC(C)(C)C. The zero-order valence-corrected chi connectivity index (χ0v) is 13.0. The predicted molar refractivity (Wildman–Crippen MR) is 76.6 cm³/mol. The molecule has 1 heterocycles. The minimum Gasteiger partial charge on any atom is -0.481 e. The Morgan fingerprint density at radius 3 is 2.50 bits per heavy atom. The lowest BCUT2D eigenvalue weighted by molar-refractivity contribution is -0.138. The minimum atomic E-state index is -0.754. The van der Waals surface area contributed by atoms with Crippen molar-refractivity contribution >= 4 is 12.1 Å². The first-order valence-electron chi connectivity index (χ1n) is 7.44. The first-order valence-corrected chi connectivity index (χ1v) is 7.44. The van der Waals surface area contributed by atoms with Gasteiger partial charge in [0.1, 0.15) is 5.60 Å². The molecule has 2 unspecified atom stereocenters. The third-order valence-corrected chi connectivity index (χ3v) is 3.54. The largest absolute Gasteiger partial charge is 0.481 e. The van der Waals surface area contributed by atoms with E-state index in [1.165, 1.54) is 0 Å². The lowest BCUT2D eigenvalue weighted by atomic mass is 9.87. The van der Waals surface area contributed by atoms with Crippen molar-refractivity contribution in [2.45, 2.75) is 71.4 Å². The maximum atomic E-state index is 12.2. The highest BCUT2D eigenvalue weighted by Gasteiger charge is 2.34. The minimum absolute atomic E-state index is 0.105. The molecule has 1 amide bonds. The predicted octanol–water partition coefficient (Wildman–Crippen LogP) is 3.28. The van der Waals surface area contributed by atoms with Crippen LogP contribution in [0.5, 0.6) is 0 Å². The Balaban J connectivity index is 2.66. The first-order chi connectivity index (χ1) is 9.23. The van der Waals surface area contributed by atoms with Crippen molar-refractivity contribution in [2.24, 2.45) is 5.92 Å². The van der Waals surface area contributed by atoms with E-state index in [1.54, 1.807) is 4.90 Å². The Bertz CT molecular complexity index is 348. The van der Waals surface area contributed by atoms with E-state index < -0.39 is 11.6 Å². The van der Waals surface area contributed by atoms with Gasteiger partial charge >= 0.3 is 12.1 Å². The molecule has 0 aromatic carbocycles. The van der Waals surface area contributed by atoms with Crippen molar-refractivity contribution in [3.8, 4) is 0 Å². The Hall–Kier alpha value is -1.26. The van der Waals surface area contributed by atoms with E-state index in [0.717, 1.165) is 25.7 Å². The fourth-order valence-electron chi connectivity index (χ4n) is 2.73. The Morgan fingerprint density at radius 1 is 1.35 bits per heavy atom. The van der Waals surface area contributed by atoms with Gasteiger partial charge in [0.15, 0.2) is 0 Å². The van der Waals surface area contributed by atoms with Gasteiger partial charge in [0, 0.05) is 19.0 Å². The number of hydrogen-bond donors (Lipinski definition) is 1. The van der Waals surface area contributed by atoms with Crippen LogP contribution in [0.15, 0.2) is 0 Å². The van der Waals surface area contributed by atoms with Crippen LogP contribution in [0.3, 0.4) is 0 Å². The van der Waals surface area contributed by atoms with Crippen LogP contribution in [0.25, 0.3) is 0 Å². The molecule has 1 rings (SSSR count). The molecule has 1 N–H and O–H groups in total. The number of carbonyl (C=O) groups is 2. The summed E-state index contributed by atoms with van der Waals surface area (Å²) in [5.74, 6) is -0.585. The van der Waals surface area contributed by atoms with E-state index in [-0.39, 0.29) is 24.5 Å². The molecular weight excluding hydrogens is 258 g/mol. The average Bonchev–Trinajstić information content (AvgIpc) is 2.26. The highest BCUT2D eigenvalue weighted by atomic mass is 16.6. The molecule has 20 heavy (non-hydrogen) atoms. The molecule has 5 nitrogen and oxygen atoms in total. The fourth-order valence-corrected chi connectivity index (χ4v) is 2.73. The molecule has 0 spiro atoms. The van der Waals surface area contributed by atoms with Crippen molar-refractivity contribution in [3.05, 3.63) is 0 Å². The van der Waals surface area contributed by atoms with Crippen LogP contribution in [0, 0.1) is 5.92 Å². The van der Waals surface area contributed by atoms with Crippen molar-refractivity contribution in [1.29, 1.82) is 0 Å². The van der Waals surface area contributed by atoms with Crippen molar-refractivity contribution in [1.82, 2.24) is 4.90 Å². The maximum Gasteiger partial charge on any atom is 0.410 e. The lowest BCUT2D eigenvalue weighted by Gasteiger charge is -2.39. The van der Waals surface area contributed by atoms with E-state index in [9.17, 15) is 9.59 Å². The van der Waals surface area contributed by atoms with Crippen molar-refractivity contribution < 1.29 is 19.4 Å². The average molecular weight is 285 g/mol. The molecule has 1 aliphatic heterocycles. The van der Waals surface area contributed by atoms with Gasteiger partial charge < -0.3 is 14.7 Å². The molecule has 1 saturated heterocycles. The number of rotatable bonds is 4. The number of carboxylic acid groups (broad SMARTS) is 1. The van der Waals surface area contributed by atoms with Gasteiger partial charge in [-0.15, -0.1) is 0 Å². The molecule has 0 aromatic rings. The summed E-state index contributed by atoms with van der Waals surface area (Å²) in [6.45, 7) is 8.25. The van der Waals surface area contributed by atoms with Gasteiger partial charge in [-0.1, -0.05) is 13.3 Å². The molecule has 0 saturated carbocycles. The number of ether oxygens (including phenoxy) is 1. The molecule has 1 aliphatic rings. The smallest absolute Gasteiger partial charge is 0.410 e. The van der Waals surface area contributed by atoms with Crippen LogP contribution in [0.4, 0.5) is 4.79 Å². The van der Waals surface area contributed by atoms with E-state index in [2.05, 4.69) is 6.92 Å². The van der Waals surface area contributed by atoms with Crippen LogP contribution in [-0.4, -0.2) is 40.3 Å². The molecule has 2 atom stereocenters. The highest BCUT2D eigenvalue weighted by Crippen LogP contribution is 2.29. The standard InChI is InChI=1S/C15H27NO4/c1-5-6-12-9-11(10-13(17)18)7-8-16(12)14(19)20-15(2,3)4/h11-12H,5-10H2,1-4H3,(H,17,18). The second-order valence-electron chi connectivity index (χ2n) is 6.60. The van der Waals surface area contributed by atoms with Gasteiger partial charge in [0.05, 0.1) is 0 Å². The molecule has 0 bridgehead atoms. The molecule has 0 aliphatic carbocycles. The number of carbonyl (C=O) groups excluding carboxylic acids is 1. The van der Waals surface area contributed by atoms with E-state index in [1.807, 2.05) is 20.8 Å². The van der Waals surface area contributed by atoms with Gasteiger partial charge in [-0.2, -0.15) is 0 Å². The van der Waals surface area contributed by atoms with Gasteiger partial charge in [-0.3, -0.25) is 4.79 Å².